The predicted octanol–water partition coefficient (Wildman–Crippen LogP) is 1.05. The molecule has 0 N–H and O–H groups in total. The zero-order valence-electron chi connectivity index (χ0n) is 7.22. The molecule has 1 heterocycles. The molecule has 0 spiro atoms. The first-order valence-electron chi connectivity index (χ1n) is 4.71. The molecule has 0 radical (unpaired) electrons. The van der Waals surface area contributed by atoms with E-state index in [-0.39, 0.29) is 0 Å². The molecule has 4 atom stereocenters. The van der Waals surface area contributed by atoms with E-state index in [1.807, 2.05) is 0 Å². The molecule has 1 aliphatic heterocycles. The molecule has 3 aliphatic rings. The van der Waals surface area contributed by atoms with E-state index < -0.39 is 11.4 Å². The van der Waals surface area contributed by atoms with Crippen LogP contribution in [-0.4, -0.2) is 17.4 Å². The molecule has 3 rings (SSSR count). The molecule has 0 amide bonds. The van der Waals surface area contributed by atoms with Crippen molar-refractivity contribution in [3.63, 3.8) is 0 Å². The van der Waals surface area contributed by atoms with Gasteiger partial charge in [-0.15, -0.1) is 0 Å². The Morgan fingerprint density at radius 3 is 2.15 bits per heavy atom. The van der Waals surface area contributed by atoms with Crippen molar-refractivity contribution < 1.29 is 12.6 Å². The van der Waals surface area contributed by atoms with Crippen molar-refractivity contribution in [2.24, 2.45) is 23.7 Å². The molecule has 0 aromatic carbocycles. The Morgan fingerprint density at radius 2 is 1.62 bits per heavy atom. The summed E-state index contributed by atoms with van der Waals surface area (Å²) in [6.45, 7) is 1.20. The minimum Gasteiger partial charge on any atom is -0.268 e. The van der Waals surface area contributed by atoms with Gasteiger partial charge < -0.3 is 0 Å². The summed E-state index contributed by atoms with van der Waals surface area (Å²) in [5, 5.41) is 0. The first kappa shape index (κ1) is 8.15. The summed E-state index contributed by atoms with van der Waals surface area (Å²) in [5.74, 6) is 2.38. The Bertz CT molecular complexity index is 252. The Hall–Kier alpha value is -0.190. The largest absolute Gasteiger partial charge is 0.304 e. The highest BCUT2D eigenvalue weighted by atomic mass is 32.2. The third-order valence-electron chi connectivity index (χ3n) is 3.51. The molecule has 13 heavy (non-hydrogen) atoms. The topological polar surface area (TPSA) is 35.5 Å². The van der Waals surface area contributed by atoms with Crippen LogP contribution in [0.4, 0.5) is 0 Å². The van der Waals surface area contributed by atoms with Crippen LogP contribution in [0.1, 0.15) is 6.42 Å². The van der Waals surface area contributed by atoms with E-state index in [2.05, 4.69) is 12.2 Å². The highest BCUT2D eigenvalue weighted by Crippen LogP contribution is 2.48. The maximum atomic E-state index is 11.0. The van der Waals surface area contributed by atoms with Crippen molar-refractivity contribution in [2.75, 3.05) is 13.2 Å². The Morgan fingerprint density at radius 1 is 1.08 bits per heavy atom. The normalized spacial score (nSPS) is 53.4. The highest BCUT2D eigenvalue weighted by Gasteiger charge is 2.46. The van der Waals surface area contributed by atoms with Gasteiger partial charge in [-0.3, -0.25) is 8.37 Å². The molecular weight excluding hydrogens is 188 g/mol. The molecule has 3 nitrogen and oxygen atoms in total. The molecule has 1 saturated heterocycles. The highest BCUT2D eigenvalue weighted by molar-refractivity contribution is 7.75. The third kappa shape index (κ3) is 1.20. The van der Waals surface area contributed by atoms with Crippen LogP contribution in [0.2, 0.25) is 0 Å². The van der Waals surface area contributed by atoms with Crippen LogP contribution in [0.5, 0.6) is 0 Å². The number of rotatable bonds is 0. The summed E-state index contributed by atoms with van der Waals surface area (Å²) >= 11 is -1.50. The van der Waals surface area contributed by atoms with Gasteiger partial charge in [-0.2, -0.15) is 4.21 Å². The van der Waals surface area contributed by atoms with Gasteiger partial charge >= 0.3 is 11.4 Å². The van der Waals surface area contributed by atoms with Gasteiger partial charge in [-0.05, 0) is 30.1 Å². The molecule has 2 fully saturated rings. The zero-order valence-corrected chi connectivity index (χ0v) is 8.03. The van der Waals surface area contributed by atoms with Gasteiger partial charge in [0.2, 0.25) is 0 Å². The number of fused-ring (bicyclic) bond motifs is 5. The molecule has 72 valence electrons. The van der Waals surface area contributed by atoms with Gasteiger partial charge in [0.15, 0.2) is 0 Å². The Kier molecular flexibility index (Phi) is 1.82. The van der Waals surface area contributed by atoms with Gasteiger partial charge in [0, 0.05) is 0 Å². The van der Waals surface area contributed by atoms with Crippen molar-refractivity contribution in [3.8, 4) is 0 Å². The van der Waals surface area contributed by atoms with E-state index in [0.29, 0.717) is 36.9 Å². The standard InChI is InChI=1S/C9H12O3S/c10-13-11-4-8-6-1-2-7(3-6)9(8)5-12-13/h1-2,6-9H,3-5H2/t6-,7-,8+,9+/m0/s1. The lowest BCUT2D eigenvalue weighted by Crippen LogP contribution is -2.24. The zero-order chi connectivity index (χ0) is 8.84. The van der Waals surface area contributed by atoms with Crippen LogP contribution < -0.4 is 0 Å². The smallest absolute Gasteiger partial charge is 0.268 e. The van der Waals surface area contributed by atoms with Crippen LogP contribution >= 0.6 is 0 Å². The van der Waals surface area contributed by atoms with Crippen LogP contribution in [0, 0.1) is 23.7 Å². The molecule has 0 aromatic rings. The van der Waals surface area contributed by atoms with Gasteiger partial charge in [0.05, 0.1) is 13.2 Å². The minimum atomic E-state index is -1.50. The van der Waals surface area contributed by atoms with Gasteiger partial charge in [-0.1, -0.05) is 12.2 Å². The van der Waals surface area contributed by atoms with Gasteiger partial charge in [0.1, 0.15) is 0 Å². The van der Waals surface area contributed by atoms with E-state index in [4.69, 9.17) is 8.37 Å². The molecule has 2 aliphatic carbocycles. The monoisotopic (exact) mass is 200 g/mol. The van der Waals surface area contributed by atoms with Gasteiger partial charge in [0.25, 0.3) is 0 Å². The van der Waals surface area contributed by atoms with Crippen LogP contribution in [0.15, 0.2) is 12.2 Å². The van der Waals surface area contributed by atoms with Crippen molar-refractivity contribution >= 4 is 11.4 Å². The van der Waals surface area contributed by atoms with E-state index >= 15 is 0 Å². The first-order valence-corrected chi connectivity index (χ1v) is 5.71. The summed E-state index contributed by atoms with van der Waals surface area (Å²) in [7, 11) is 0. The minimum absolute atomic E-state index is 0.543. The average molecular weight is 200 g/mol. The fraction of sp³-hybridized carbons (Fsp3) is 0.778. The summed E-state index contributed by atoms with van der Waals surface area (Å²) in [6, 6.07) is 0. The van der Waals surface area contributed by atoms with Gasteiger partial charge in [-0.25, -0.2) is 0 Å². The number of hydrogen-bond acceptors (Lipinski definition) is 3. The van der Waals surface area contributed by atoms with Crippen LogP contribution in [0.3, 0.4) is 0 Å². The van der Waals surface area contributed by atoms with Crippen molar-refractivity contribution in [2.45, 2.75) is 6.42 Å². The fourth-order valence-corrected chi connectivity index (χ4v) is 3.43. The quantitative estimate of drug-likeness (QED) is 0.548. The lowest BCUT2D eigenvalue weighted by Gasteiger charge is -2.22. The molecule has 0 unspecified atom stereocenters. The Balaban J connectivity index is 1.85. The number of hydrogen-bond donors (Lipinski definition) is 0. The fourth-order valence-electron chi connectivity index (χ4n) is 2.82. The second kappa shape index (κ2) is 2.90. The molecular formula is C9H12O3S. The van der Waals surface area contributed by atoms with Crippen molar-refractivity contribution in [3.05, 3.63) is 12.2 Å². The van der Waals surface area contributed by atoms with Crippen molar-refractivity contribution in [1.82, 2.24) is 0 Å². The summed E-state index contributed by atoms with van der Waals surface area (Å²) in [4.78, 5) is 0. The number of allylic oxidation sites excluding steroid dienone is 2. The van der Waals surface area contributed by atoms with E-state index in [1.54, 1.807) is 0 Å². The van der Waals surface area contributed by atoms with Crippen LogP contribution in [0.25, 0.3) is 0 Å². The molecule has 1 saturated carbocycles. The first-order chi connectivity index (χ1) is 6.34. The Labute approximate surface area is 80.0 Å². The SMILES string of the molecule is O=S1OC[C@H]2[C@H](CO1)[C@H]1C=C[C@H]2C1. The lowest BCUT2D eigenvalue weighted by molar-refractivity contribution is 0.197. The maximum Gasteiger partial charge on any atom is 0.304 e. The summed E-state index contributed by atoms with van der Waals surface area (Å²) in [6.07, 6.45) is 5.81. The van der Waals surface area contributed by atoms with Crippen molar-refractivity contribution in [1.29, 1.82) is 0 Å². The third-order valence-corrected chi connectivity index (χ3v) is 4.17. The van der Waals surface area contributed by atoms with E-state index in [9.17, 15) is 4.21 Å². The molecule has 2 bridgehead atoms. The lowest BCUT2D eigenvalue weighted by atomic mass is 9.84. The molecule has 0 aromatic heterocycles. The summed E-state index contributed by atoms with van der Waals surface area (Å²) in [5.41, 5.74) is 0. The second-order valence-corrected chi connectivity index (χ2v) is 4.93. The van der Waals surface area contributed by atoms with Crippen LogP contribution in [-0.2, 0) is 19.7 Å². The maximum absolute atomic E-state index is 11.0. The van der Waals surface area contributed by atoms with E-state index in [0.717, 1.165) is 0 Å². The summed E-state index contributed by atoms with van der Waals surface area (Å²) < 4.78 is 21.2. The van der Waals surface area contributed by atoms with E-state index in [1.165, 1.54) is 6.42 Å². The predicted molar refractivity (Wildman–Crippen MR) is 47.8 cm³/mol. The second-order valence-electron chi connectivity index (χ2n) is 4.05. The average Bonchev–Trinajstić information content (AvgIpc) is 2.66. The molecule has 4 heteroatoms.